The summed E-state index contributed by atoms with van der Waals surface area (Å²) in [4.78, 5) is 5.40. The van der Waals surface area contributed by atoms with E-state index in [0.29, 0.717) is 10.0 Å². The number of hydrogen-bond acceptors (Lipinski definition) is 3. The summed E-state index contributed by atoms with van der Waals surface area (Å²) in [6.07, 6.45) is 1.81. The van der Waals surface area contributed by atoms with Crippen LogP contribution in [0.15, 0.2) is 24.4 Å². The van der Waals surface area contributed by atoms with Crippen molar-refractivity contribution in [1.29, 1.82) is 0 Å². The van der Waals surface area contributed by atoms with E-state index < -0.39 is 0 Å². The van der Waals surface area contributed by atoms with Gasteiger partial charge in [0.1, 0.15) is 5.01 Å². The van der Waals surface area contributed by atoms with Crippen molar-refractivity contribution >= 4 is 34.5 Å². The van der Waals surface area contributed by atoms with E-state index in [-0.39, 0.29) is 5.54 Å². The second-order valence-electron chi connectivity index (χ2n) is 4.38. The van der Waals surface area contributed by atoms with Crippen LogP contribution in [0.25, 0.3) is 10.6 Å². The summed E-state index contributed by atoms with van der Waals surface area (Å²) in [6.45, 7) is 3.91. The summed E-state index contributed by atoms with van der Waals surface area (Å²) < 4.78 is 0. The third-order valence-corrected chi connectivity index (χ3v) is 4.43. The molecule has 2 nitrogen and oxygen atoms in total. The Balaban J connectivity index is 2.40. The van der Waals surface area contributed by atoms with E-state index >= 15 is 0 Å². The van der Waals surface area contributed by atoms with E-state index in [1.165, 1.54) is 0 Å². The van der Waals surface area contributed by atoms with Crippen molar-refractivity contribution in [3.8, 4) is 10.6 Å². The van der Waals surface area contributed by atoms with Crippen LogP contribution in [0, 0.1) is 0 Å². The molecule has 0 spiro atoms. The quantitative estimate of drug-likeness (QED) is 0.893. The number of nitrogens with two attached hydrogens (primary N) is 1. The molecular weight excluding hydrogens is 275 g/mol. The zero-order chi connectivity index (χ0) is 12.6. The lowest BCUT2D eigenvalue weighted by Crippen LogP contribution is -2.27. The number of nitrogens with zero attached hydrogens (tertiary/aromatic N) is 1. The first kappa shape index (κ1) is 12.8. The third kappa shape index (κ3) is 2.80. The van der Waals surface area contributed by atoms with Crippen molar-refractivity contribution in [3.05, 3.63) is 39.3 Å². The van der Waals surface area contributed by atoms with Gasteiger partial charge in [-0.2, -0.15) is 0 Å². The first-order valence-electron chi connectivity index (χ1n) is 5.08. The molecule has 2 rings (SSSR count). The van der Waals surface area contributed by atoms with Gasteiger partial charge >= 0.3 is 0 Å². The Morgan fingerprint density at radius 3 is 2.47 bits per heavy atom. The highest BCUT2D eigenvalue weighted by Gasteiger charge is 2.18. The van der Waals surface area contributed by atoms with Gasteiger partial charge in [0.25, 0.3) is 0 Å². The monoisotopic (exact) mass is 286 g/mol. The van der Waals surface area contributed by atoms with Crippen molar-refractivity contribution in [2.75, 3.05) is 0 Å². The molecule has 2 aromatic rings. The van der Waals surface area contributed by atoms with Gasteiger partial charge in [0.15, 0.2) is 0 Å². The summed E-state index contributed by atoms with van der Waals surface area (Å²) >= 11 is 13.4. The lowest BCUT2D eigenvalue weighted by Gasteiger charge is -2.14. The molecule has 0 aliphatic carbocycles. The third-order valence-electron chi connectivity index (χ3n) is 2.31. The number of aromatic nitrogens is 1. The molecule has 0 fully saturated rings. The Kier molecular flexibility index (Phi) is 3.46. The SMILES string of the molecule is CC(C)(N)c1cnc(-c2ccc(Cl)c(Cl)c2)s1. The molecule has 0 amide bonds. The van der Waals surface area contributed by atoms with Gasteiger partial charge in [-0.3, -0.25) is 0 Å². The summed E-state index contributed by atoms with van der Waals surface area (Å²) in [5, 5.41) is 1.98. The molecule has 2 N–H and O–H groups in total. The van der Waals surface area contributed by atoms with Crippen LogP contribution in [0.2, 0.25) is 10.0 Å². The van der Waals surface area contributed by atoms with Crippen LogP contribution in [0.4, 0.5) is 0 Å². The summed E-state index contributed by atoms with van der Waals surface area (Å²) in [6, 6.07) is 5.49. The molecule has 0 bridgehead atoms. The van der Waals surface area contributed by atoms with Crippen LogP contribution in [0.3, 0.4) is 0 Å². The van der Waals surface area contributed by atoms with Gasteiger partial charge in [-0.05, 0) is 26.0 Å². The average molecular weight is 287 g/mol. The first-order chi connectivity index (χ1) is 7.88. The molecule has 5 heteroatoms. The van der Waals surface area contributed by atoms with Crippen molar-refractivity contribution in [3.63, 3.8) is 0 Å². The van der Waals surface area contributed by atoms with E-state index in [9.17, 15) is 0 Å². The van der Waals surface area contributed by atoms with Crippen molar-refractivity contribution in [2.45, 2.75) is 19.4 Å². The van der Waals surface area contributed by atoms with Gasteiger partial charge in [-0.25, -0.2) is 4.98 Å². The molecule has 1 aromatic heterocycles. The molecule has 90 valence electrons. The predicted molar refractivity (Wildman–Crippen MR) is 74.8 cm³/mol. The lowest BCUT2D eigenvalue weighted by molar-refractivity contribution is 0.566. The van der Waals surface area contributed by atoms with E-state index in [4.69, 9.17) is 28.9 Å². The van der Waals surface area contributed by atoms with E-state index in [1.54, 1.807) is 17.4 Å². The molecule has 0 saturated heterocycles. The number of thiazole rings is 1. The minimum Gasteiger partial charge on any atom is -0.321 e. The zero-order valence-electron chi connectivity index (χ0n) is 9.50. The van der Waals surface area contributed by atoms with Gasteiger partial charge in [0.2, 0.25) is 0 Å². The van der Waals surface area contributed by atoms with Crippen LogP contribution in [0.5, 0.6) is 0 Å². The van der Waals surface area contributed by atoms with Crippen LogP contribution in [0.1, 0.15) is 18.7 Å². The number of benzene rings is 1. The van der Waals surface area contributed by atoms with E-state index in [1.807, 2.05) is 32.2 Å². The van der Waals surface area contributed by atoms with Gasteiger partial charge < -0.3 is 5.73 Å². The number of rotatable bonds is 2. The fourth-order valence-electron chi connectivity index (χ4n) is 1.33. The van der Waals surface area contributed by atoms with Gasteiger partial charge in [0.05, 0.1) is 10.0 Å². The fourth-order valence-corrected chi connectivity index (χ4v) is 2.56. The molecule has 0 aliphatic rings. The van der Waals surface area contributed by atoms with Crippen LogP contribution in [-0.4, -0.2) is 4.98 Å². The summed E-state index contributed by atoms with van der Waals surface area (Å²) in [7, 11) is 0. The minimum absolute atomic E-state index is 0.369. The normalized spacial score (nSPS) is 11.8. The molecule has 0 aliphatic heterocycles. The maximum absolute atomic E-state index is 6.03. The molecule has 1 aromatic carbocycles. The lowest BCUT2D eigenvalue weighted by atomic mass is 10.1. The Morgan fingerprint density at radius 1 is 1.24 bits per heavy atom. The van der Waals surface area contributed by atoms with Crippen LogP contribution < -0.4 is 5.73 Å². The average Bonchev–Trinajstić information content (AvgIpc) is 2.70. The zero-order valence-corrected chi connectivity index (χ0v) is 11.8. The Bertz CT molecular complexity index is 544. The van der Waals surface area contributed by atoms with Gasteiger partial charge in [0, 0.05) is 22.2 Å². The molecule has 1 heterocycles. The highest BCUT2D eigenvalue weighted by Crippen LogP contribution is 2.33. The van der Waals surface area contributed by atoms with Crippen molar-refractivity contribution in [1.82, 2.24) is 4.98 Å². The van der Waals surface area contributed by atoms with Gasteiger partial charge in [-0.15, -0.1) is 11.3 Å². The Labute approximate surface area is 114 Å². The highest BCUT2D eigenvalue weighted by molar-refractivity contribution is 7.15. The maximum Gasteiger partial charge on any atom is 0.123 e. The second kappa shape index (κ2) is 4.58. The molecular formula is C12H12Cl2N2S. The van der Waals surface area contributed by atoms with Crippen molar-refractivity contribution in [2.24, 2.45) is 5.73 Å². The molecule has 0 saturated carbocycles. The van der Waals surface area contributed by atoms with Crippen LogP contribution in [-0.2, 0) is 5.54 Å². The fraction of sp³-hybridized carbons (Fsp3) is 0.250. The standard InChI is InChI=1S/C12H12Cl2N2S/c1-12(2,15)10-6-16-11(17-10)7-3-4-8(13)9(14)5-7/h3-6H,15H2,1-2H3. The predicted octanol–water partition coefficient (Wildman–Crippen LogP) is 4.31. The summed E-state index contributed by atoms with van der Waals surface area (Å²) in [5.74, 6) is 0. The Morgan fingerprint density at radius 2 is 1.94 bits per heavy atom. The smallest absolute Gasteiger partial charge is 0.123 e. The van der Waals surface area contributed by atoms with Crippen LogP contribution >= 0.6 is 34.5 Å². The maximum atomic E-state index is 6.03. The largest absolute Gasteiger partial charge is 0.321 e. The number of halogens is 2. The van der Waals surface area contributed by atoms with E-state index in [0.717, 1.165) is 15.4 Å². The molecule has 0 radical (unpaired) electrons. The molecule has 17 heavy (non-hydrogen) atoms. The Hall–Kier alpha value is -0.610. The highest BCUT2D eigenvalue weighted by atomic mass is 35.5. The topological polar surface area (TPSA) is 38.9 Å². The minimum atomic E-state index is -0.369. The van der Waals surface area contributed by atoms with Gasteiger partial charge in [-0.1, -0.05) is 29.3 Å². The second-order valence-corrected chi connectivity index (χ2v) is 6.23. The molecule has 0 unspecified atom stereocenters. The molecule has 0 atom stereocenters. The first-order valence-corrected chi connectivity index (χ1v) is 6.66. The number of hydrogen-bond donors (Lipinski definition) is 1. The summed E-state index contributed by atoms with van der Waals surface area (Å²) in [5.41, 5.74) is 6.61. The van der Waals surface area contributed by atoms with Crippen molar-refractivity contribution < 1.29 is 0 Å². The van der Waals surface area contributed by atoms with E-state index in [2.05, 4.69) is 4.98 Å².